The zero-order chi connectivity index (χ0) is 6.95. The van der Waals surface area contributed by atoms with Gasteiger partial charge in [0.05, 0.1) is 0 Å². The van der Waals surface area contributed by atoms with Gasteiger partial charge in [-0.15, -0.1) is 6.58 Å². The molecule has 0 aliphatic carbocycles. The molecule has 9 heavy (non-hydrogen) atoms. The molecule has 0 aromatic rings. The van der Waals surface area contributed by atoms with Gasteiger partial charge in [0.25, 0.3) is 0 Å². The van der Waals surface area contributed by atoms with Crippen LogP contribution in [0.1, 0.15) is 0 Å². The quantitative estimate of drug-likeness (QED) is 0.433. The Hall–Kier alpha value is 0.440. The van der Waals surface area contributed by atoms with E-state index in [0.717, 1.165) is 11.5 Å². The Morgan fingerprint density at radius 3 is 2.44 bits per heavy atom. The Balaban J connectivity index is 2.66. The van der Waals surface area contributed by atoms with Crippen molar-refractivity contribution in [2.45, 2.75) is 0 Å². The van der Waals surface area contributed by atoms with Gasteiger partial charge in [-0.3, -0.25) is 0 Å². The van der Waals surface area contributed by atoms with Gasteiger partial charge in [-0.05, 0) is 12.7 Å². The molecule has 2 heteroatoms. The van der Waals surface area contributed by atoms with Crippen molar-refractivity contribution >= 4 is 23.5 Å². The lowest BCUT2D eigenvalue weighted by atomic mass is 10.8. The molecule has 0 bridgehead atoms. The minimum absolute atomic E-state index is 0.995. The first-order valence-electron chi connectivity index (χ1n) is 2.97. The first kappa shape index (κ1) is 9.44. The SMILES string of the molecule is [CH2]CSCCSCC=C. The van der Waals surface area contributed by atoms with Crippen LogP contribution in [0.4, 0.5) is 0 Å². The molecule has 0 N–H and O–H groups in total. The minimum atomic E-state index is 0.995. The fraction of sp³-hybridized carbons (Fsp3) is 0.571. The Bertz CT molecular complexity index is 61.9. The smallest absolute Gasteiger partial charge is 0.0111 e. The molecule has 0 aliphatic heterocycles. The summed E-state index contributed by atoms with van der Waals surface area (Å²) in [5.74, 6) is 4.53. The van der Waals surface area contributed by atoms with Crippen molar-refractivity contribution in [1.82, 2.24) is 0 Å². The topological polar surface area (TPSA) is 0 Å². The third kappa shape index (κ3) is 8.44. The van der Waals surface area contributed by atoms with E-state index in [0.29, 0.717) is 0 Å². The number of hydrogen-bond acceptors (Lipinski definition) is 2. The second-order valence-electron chi connectivity index (χ2n) is 1.48. The summed E-state index contributed by atoms with van der Waals surface area (Å²) in [6.07, 6.45) is 1.94. The van der Waals surface area contributed by atoms with Crippen molar-refractivity contribution in [3.05, 3.63) is 19.6 Å². The molecule has 0 aliphatic rings. The zero-order valence-electron chi connectivity index (χ0n) is 5.64. The summed E-state index contributed by atoms with van der Waals surface area (Å²) in [7, 11) is 0. The van der Waals surface area contributed by atoms with E-state index < -0.39 is 0 Å². The molecule has 0 heterocycles. The molecule has 0 spiro atoms. The lowest BCUT2D eigenvalue weighted by molar-refractivity contribution is 1.53. The van der Waals surface area contributed by atoms with Gasteiger partial charge in [0.2, 0.25) is 0 Å². The molecular weight excluding hydrogens is 148 g/mol. The monoisotopic (exact) mass is 161 g/mol. The standard InChI is InChI=1S/C7H13S2/c1-3-5-9-7-6-8-4-2/h3H,1-2,4-7H2. The van der Waals surface area contributed by atoms with Gasteiger partial charge in [0.1, 0.15) is 0 Å². The van der Waals surface area contributed by atoms with Crippen LogP contribution >= 0.6 is 23.5 Å². The van der Waals surface area contributed by atoms with Crippen molar-refractivity contribution < 1.29 is 0 Å². The van der Waals surface area contributed by atoms with Crippen molar-refractivity contribution in [3.8, 4) is 0 Å². The van der Waals surface area contributed by atoms with Crippen LogP contribution in [0.5, 0.6) is 0 Å². The molecule has 0 amide bonds. The Morgan fingerprint density at radius 1 is 1.22 bits per heavy atom. The van der Waals surface area contributed by atoms with E-state index >= 15 is 0 Å². The highest BCUT2D eigenvalue weighted by Crippen LogP contribution is 2.05. The Kier molecular flexibility index (Phi) is 8.85. The molecule has 0 nitrogen and oxygen atoms in total. The van der Waals surface area contributed by atoms with Crippen molar-refractivity contribution in [3.63, 3.8) is 0 Å². The normalized spacial score (nSPS) is 9.44. The molecule has 0 aromatic heterocycles. The number of thioether (sulfide) groups is 2. The van der Waals surface area contributed by atoms with E-state index in [1.54, 1.807) is 0 Å². The van der Waals surface area contributed by atoms with Gasteiger partial charge >= 0.3 is 0 Å². The van der Waals surface area contributed by atoms with Crippen LogP contribution in [-0.4, -0.2) is 23.0 Å². The molecule has 0 saturated carbocycles. The summed E-state index contributed by atoms with van der Waals surface area (Å²) in [4.78, 5) is 0. The van der Waals surface area contributed by atoms with Crippen molar-refractivity contribution in [1.29, 1.82) is 0 Å². The Labute approximate surface area is 66.5 Å². The highest BCUT2D eigenvalue weighted by Gasteiger charge is 1.84. The highest BCUT2D eigenvalue weighted by molar-refractivity contribution is 8.03. The van der Waals surface area contributed by atoms with E-state index in [2.05, 4.69) is 13.5 Å². The first-order chi connectivity index (χ1) is 4.41. The van der Waals surface area contributed by atoms with Gasteiger partial charge < -0.3 is 0 Å². The summed E-state index contributed by atoms with van der Waals surface area (Å²) < 4.78 is 0. The number of hydrogen-bond donors (Lipinski definition) is 0. The van der Waals surface area contributed by atoms with Crippen LogP contribution < -0.4 is 0 Å². The lowest BCUT2D eigenvalue weighted by Gasteiger charge is -1.94. The summed E-state index contributed by atoms with van der Waals surface area (Å²) >= 11 is 3.82. The molecular formula is C7H13S2. The molecule has 0 saturated heterocycles. The van der Waals surface area contributed by atoms with Gasteiger partial charge in [0, 0.05) is 17.3 Å². The molecule has 0 rings (SSSR count). The summed E-state index contributed by atoms with van der Waals surface area (Å²) in [6, 6.07) is 0. The average molecular weight is 161 g/mol. The fourth-order valence-electron chi connectivity index (χ4n) is 0.387. The van der Waals surface area contributed by atoms with Gasteiger partial charge in [-0.1, -0.05) is 6.08 Å². The largest absolute Gasteiger partial charge is 0.161 e. The second kappa shape index (κ2) is 8.44. The molecule has 0 unspecified atom stereocenters. The van der Waals surface area contributed by atoms with E-state index in [-0.39, 0.29) is 0 Å². The molecule has 0 atom stereocenters. The van der Waals surface area contributed by atoms with Gasteiger partial charge in [-0.25, -0.2) is 0 Å². The molecule has 53 valence electrons. The van der Waals surface area contributed by atoms with Crippen LogP contribution in [0.2, 0.25) is 0 Å². The summed E-state index contributed by atoms with van der Waals surface area (Å²) in [6.45, 7) is 7.38. The molecule has 1 radical (unpaired) electrons. The second-order valence-corrected chi connectivity index (χ2v) is 3.85. The van der Waals surface area contributed by atoms with Gasteiger partial charge in [-0.2, -0.15) is 23.5 Å². The maximum absolute atomic E-state index is 3.74. The summed E-state index contributed by atoms with van der Waals surface area (Å²) in [5, 5.41) is 0. The molecule has 0 fully saturated rings. The predicted molar refractivity (Wildman–Crippen MR) is 50.2 cm³/mol. The van der Waals surface area contributed by atoms with Gasteiger partial charge in [0.15, 0.2) is 0 Å². The lowest BCUT2D eigenvalue weighted by Crippen LogP contribution is -1.84. The third-order valence-corrected chi connectivity index (χ3v) is 2.76. The van der Waals surface area contributed by atoms with Crippen LogP contribution in [0, 0.1) is 6.92 Å². The maximum atomic E-state index is 3.74. The van der Waals surface area contributed by atoms with E-state index in [1.165, 1.54) is 11.5 Å². The fourth-order valence-corrected chi connectivity index (χ4v) is 1.87. The van der Waals surface area contributed by atoms with E-state index in [9.17, 15) is 0 Å². The predicted octanol–water partition coefficient (Wildman–Crippen LogP) is 2.47. The minimum Gasteiger partial charge on any atom is -0.161 e. The van der Waals surface area contributed by atoms with Crippen LogP contribution in [0.3, 0.4) is 0 Å². The van der Waals surface area contributed by atoms with E-state index in [1.807, 2.05) is 29.6 Å². The summed E-state index contributed by atoms with van der Waals surface area (Å²) in [5.41, 5.74) is 0. The first-order valence-corrected chi connectivity index (χ1v) is 5.28. The third-order valence-electron chi connectivity index (χ3n) is 0.752. The van der Waals surface area contributed by atoms with Crippen LogP contribution in [0.25, 0.3) is 0 Å². The van der Waals surface area contributed by atoms with Crippen molar-refractivity contribution in [2.75, 3.05) is 23.0 Å². The van der Waals surface area contributed by atoms with Crippen LogP contribution in [-0.2, 0) is 0 Å². The molecule has 0 aromatic carbocycles. The average Bonchev–Trinajstić information content (AvgIpc) is 1.89. The maximum Gasteiger partial charge on any atom is 0.0111 e. The van der Waals surface area contributed by atoms with Crippen LogP contribution in [0.15, 0.2) is 12.7 Å². The number of rotatable bonds is 6. The zero-order valence-corrected chi connectivity index (χ0v) is 7.27. The highest BCUT2D eigenvalue weighted by atomic mass is 32.2. The van der Waals surface area contributed by atoms with E-state index in [4.69, 9.17) is 0 Å². The Morgan fingerprint density at radius 2 is 1.89 bits per heavy atom. The van der Waals surface area contributed by atoms with Crippen molar-refractivity contribution in [2.24, 2.45) is 0 Å².